The van der Waals surface area contributed by atoms with Crippen LogP contribution in [-0.2, 0) is 11.3 Å². The molecule has 0 fully saturated rings. The van der Waals surface area contributed by atoms with Crippen LogP contribution >= 0.6 is 11.6 Å². The van der Waals surface area contributed by atoms with E-state index in [1.807, 2.05) is 44.3 Å². The number of hydrogen-bond donors (Lipinski definition) is 1. The third-order valence-corrected chi connectivity index (χ3v) is 3.92. The Hall–Kier alpha value is -1.98. The van der Waals surface area contributed by atoms with Crippen molar-refractivity contribution in [2.75, 3.05) is 20.6 Å². The number of carbonyl (C=O) groups excluding carboxylic acids is 1. The van der Waals surface area contributed by atoms with Gasteiger partial charge >= 0.3 is 0 Å². The van der Waals surface area contributed by atoms with E-state index in [1.54, 1.807) is 7.05 Å². The Morgan fingerprint density at radius 1 is 1.25 bits per heavy atom. The van der Waals surface area contributed by atoms with Crippen LogP contribution in [0.25, 0.3) is 11.4 Å². The van der Waals surface area contributed by atoms with Gasteiger partial charge in [0.25, 0.3) is 0 Å². The van der Waals surface area contributed by atoms with Crippen molar-refractivity contribution in [2.45, 2.75) is 26.3 Å². The number of rotatable bonds is 7. The highest BCUT2D eigenvalue weighted by Gasteiger charge is 2.08. The second-order valence-corrected chi connectivity index (χ2v) is 6.28. The number of nitrogens with zero attached hydrogens (tertiary/aromatic N) is 3. The second kappa shape index (κ2) is 8.76. The summed E-state index contributed by atoms with van der Waals surface area (Å²) >= 11 is 5.94. The minimum Gasteiger partial charge on any atom is -0.359 e. The lowest BCUT2D eigenvalue weighted by Gasteiger charge is -2.16. The summed E-state index contributed by atoms with van der Waals surface area (Å²) < 4.78 is 0. The molecule has 1 amide bonds. The smallest absolute Gasteiger partial charge is 0.219 e. The Kier molecular flexibility index (Phi) is 6.70. The summed E-state index contributed by atoms with van der Waals surface area (Å²) in [5, 5.41) is 3.33. The fourth-order valence-electron chi connectivity index (χ4n) is 2.43. The topological polar surface area (TPSA) is 58.1 Å². The zero-order valence-electron chi connectivity index (χ0n) is 14.3. The zero-order chi connectivity index (χ0) is 17.5. The van der Waals surface area contributed by atoms with Gasteiger partial charge in [-0.05, 0) is 57.3 Å². The lowest BCUT2D eigenvalue weighted by atomic mass is 10.2. The first-order chi connectivity index (χ1) is 11.5. The van der Waals surface area contributed by atoms with E-state index in [1.165, 1.54) is 0 Å². The van der Waals surface area contributed by atoms with Gasteiger partial charge in [-0.1, -0.05) is 11.6 Å². The highest BCUT2D eigenvalue weighted by Crippen LogP contribution is 2.19. The molecule has 0 aliphatic rings. The van der Waals surface area contributed by atoms with Crippen LogP contribution in [0.3, 0.4) is 0 Å². The van der Waals surface area contributed by atoms with Gasteiger partial charge in [-0.25, -0.2) is 9.97 Å². The van der Waals surface area contributed by atoms with E-state index in [4.69, 9.17) is 11.6 Å². The van der Waals surface area contributed by atoms with Gasteiger partial charge in [0.1, 0.15) is 0 Å². The molecule has 1 heterocycles. The molecule has 0 radical (unpaired) electrons. The van der Waals surface area contributed by atoms with Crippen LogP contribution in [0.15, 0.2) is 30.3 Å². The molecular formula is C18H23ClN4O. The summed E-state index contributed by atoms with van der Waals surface area (Å²) in [5.74, 6) is 0.784. The van der Waals surface area contributed by atoms with Crippen molar-refractivity contribution >= 4 is 17.5 Å². The van der Waals surface area contributed by atoms with Gasteiger partial charge in [0.05, 0.1) is 5.69 Å². The average molecular weight is 347 g/mol. The molecule has 1 N–H and O–H groups in total. The average Bonchev–Trinajstić information content (AvgIpc) is 2.54. The molecule has 5 nitrogen and oxygen atoms in total. The van der Waals surface area contributed by atoms with Gasteiger partial charge in [0, 0.05) is 36.3 Å². The molecule has 0 saturated carbocycles. The molecule has 0 saturated heterocycles. The molecule has 128 valence electrons. The standard InChI is InChI=1S/C18H23ClN4O/c1-13-11-16(12-23(3)10-4-5-17(24)20-2)22-18(21-13)14-6-8-15(19)9-7-14/h6-9,11H,4-5,10,12H2,1-3H3,(H,20,24). The maximum atomic E-state index is 11.3. The van der Waals surface area contributed by atoms with Gasteiger partial charge in [-0.3, -0.25) is 4.79 Å². The third-order valence-electron chi connectivity index (χ3n) is 3.66. The highest BCUT2D eigenvalue weighted by atomic mass is 35.5. The summed E-state index contributed by atoms with van der Waals surface area (Å²) in [6.45, 7) is 3.53. The fraction of sp³-hybridized carbons (Fsp3) is 0.389. The van der Waals surface area contributed by atoms with E-state index in [2.05, 4.69) is 20.2 Å². The summed E-state index contributed by atoms with van der Waals surface area (Å²) in [4.78, 5) is 22.6. The van der Waals surface area contributed by atoms with Gasteiger partial charge in [0.15, 0.2) is 5.82 Å². The van der Waals surface area contributed by atoms with Crippen LogP contribution in [0.5, 0.6) is 0 Å². The molecule has 0 bridgehead atoms. The van der Waals surface area contributed by atoms with Gasteiger partial charge in [0.2, 0.25) is 5.91 Å². The summed E-state index contributed by atoms with van der Waals surface area (Å²) in [5.41, 5.74) is 2.85. The number of benzene rings is 1. The number of halogens is 1. The van der Waals surface area contributed by atoms with Gasteiger partial charge in [-0.15, -0.1) is 0 Å². The van der Waals surface area contributed by atoms with Gasteiger partial charge in [-0.2, -0.15) is 0 Å². The van der Waals surface area contributed by atoms with Crippen molar-refractivity contribution in [1.29, 1.82) is 0 Å². The third kappa shape index (κ3) is 5.58. The van der Waals surface area contributed by atoms with Crippen molar-refractivity contribution in [3.05, 3.63) is 46.7 Å². The first-order valence-electron chi connectivity index (χ1n) is 7.97. The van der Waals surface area contributed by atoms with Crippen molar-refractivity contribution in [1.82, 2.24) is 20.2 Å². The molecule has 2 aromatic rings. The first kappa shape index (κ1) is 18.4. The predicted octanol–water partition coefficient (Wildman–Crippen LogP) is 3.06. The Bertz CT molecular complexity index is 688. The monoisotopic (exact) mass is 346 g/mol. The zero-order valence-corrected chi connectivity index (χ0v) is 15.1. The SMILES string of the molecule is CNC(=O)CCCN(C)Cc1cc(C)nc(-c2ccc(Cl)cc2)n1. The summed E-state index contributed by atoms with van der Waals surface area (Å²) in [6.07, 6.45) is 1.37. The summed E-state index contributed by atoms with van der Waals surface area (Å²) in [6, 6.07) is 9.52. The van der Waals surface area contributed by atoms with Crippen molar-refractivity contribution in [3.63, 3.8) is 0 Å². The number of aryl methyl sites for hydroxylation is 1. The van der Waals surface area contributed by atoms with Crippen LogP contribution in [0, 0.1) is 6.92 Å². The molecule has 1 aromatic carbocycles. The van der Waals surface area contributed by atoms with E-state index in [-0.39, 0.29) is 5.91 Å². The number of hydrogen-bond acceptors (Lipinski definition) is 4. The van der Waals surface area contributed by atoms with Crippen LogP contribution in [-0.4, -0.2) is 41.4 Å². The number of carbonyl (C=O) groups is 1. The molecule has 24 heavy (non-hydrogen) atoms. The Labute approximate surface area is 148 Å². The Morgan fingerprint density at radius 2 is 1.96 bits per heavy atom. The normalized spacial score (nSPS) is 10.9. The fourth-order valence-corrected chi connectivity index (χ4v) is 2.56. The maximum absolute atomic E-state index is 11.3. The molecule has 0 spiro atoms. The predicted molar refractivity (Wildman–Crippen MR) is 96.8 cm³/mol. The molecule has 0 aliphatic carbocycles. The quantitative estimate of drug-likeness (QED) is 0.837. The summed E-state index contributed by atoms with van der Waals surface area (Å²) in [7, 11) is 3.69. The Balaban J connectivity index is 2.02. The minimum absolute atomic E-state index is 0.0753. The molecule has 0 aliphatic heterocycles. The van der Waals surface area contributed by atoms with Gasteiger partial charge < -0.3 is 10.2 Å². The van der Waals surface area contributed by atoms with Crippen LogP contribution in [0.4, 0.5) is 0 Å². The van der Waals surface area contributed by atoms with Crippen LogP contribution < -0.4 is 5.32 Å². The van der Waals surface area contributed by atoms with Crippen molar-refractivity contribution < 1.29 is 4.79 Å². The minimum atomic E-state index is 0.0753. The maximum Gasteiger partial charge on any atom is 0.219 e. The van der Waals surface area contributed by atoms with Crippen LogP contribution in [0.2, 0.25) is 5.02 Å². The molecule has 6 heteroatoms. The van der Waals surface area contributed by atoms with E-state index < -0.39 is 0 Å². The van der Waals surface area contributed by atoms with E-state index in [0.29, 0.717) is 17.3 Å². The largest absolute Gasteiger partial charge is 0.359 e. The molecule has 0 unspecified atom stereocenters. The Morgan fingerprint density at radius 3 is 2.62 bits per heavy atom. The number of aromatic nitrogens is 2. The van der Waals surface area contributed by atoms with Crippen molar-refractivity contribution in [3.8, 4) is 11.4 Å². The number of nitrogens with one attached hydrogen (secondary N) is 1. The lowest BCUT2D eigenvalue weighted by Crippen LogP contribution is -2.23. The molecular weight excluding hydrogens is 324 g/mol. The molecule has 2 rings (SSSR count). The van der Waals surface area contributed by atoms with Crippen LogP contribution in [0.1, 0.15) is 24.2 Å². The van der Waals surface area contributed by atoms with E-state index in [9.17, 15) is 4.79 Å². The van der Waals surface area contributed by atoms with Crippen molar-refractivity contribution in [2.24, 2.45) is 0 Å². The second-order valence-electron chi connectivity index (χ2n) is 5.85. The lowest BCUT2D eigenvalue weighted by molar-refractivity contribution is -0.120. The number of amides is 1. The van der Waals surface area contributed by atoms with E-state index in [0.717, 1.165) is 36.5 Å². The molecule has 1 aromatic heterocycles. The highest BCUT2D eigenvalue weighted by molar-refractivity contribution is 6.30. The first-order valence-corrected chi connectivity index (χ1v) is 8.35. The molecule has 0 atom stereocenters. The van der Waals surface area contributed by atoms with E-state index >= 15 is 0 Å².